The Bertz CT molecular complexity index is 696. The van der Waals surface area contributed by atoms with Crippen molar-refractivity contribution in [1.29, 1.82) is 0 Å². The number of anilines is 2. The number of cyclic esters (lactones) is 2. The van der Waals surface area contributed by atoms with Crippen LogP contribution in [0, 0.1) is 0 Å². The van der Waals surface area contributed by atoms with Crippen LogP contribution in [0.4, 0.5) is 25.8 Å². The predicted molar refractivity (Wildman–Crippen MR) is 99.0 cm³/mol. The van der Waals surface area contributed by atoms with Gasteiger partial charge in [0.15, 0.2) is 0 Å². The van der Waals surface area contributed by atoms with Crippen LogP contribution in [0.15, 0.2) is 24.3 Å². The summed E-state index contributed by atoms with van der Waals surface area (Å²) in [7, 11) is 0. The molecule has 2 heterocycles. The Kier molecular flexibility index (Phi) is 5.55. The van der Waals surface area contributed by atoms with E-state index in [2.05, 4.69) is 12.6 Å². The van der Waals surface area contributed by atoms with Crippen LogP contribution in [0.2, 0.25) is 0 Å². The van der Waals surface area contributed by atoms with Crippen LogP contribution in [0.5, 0.6) is 0 Å². The molecule has 3 rings (SSSR count). The van der Waals surface area contributed by atoms with Crippen LogP contribution >= 0.6 is 12.6 Å². The fraction of sp³-hybridized carbons (Fsp3) is 0.471. The van der Waals surface area contributed by atoms with Crippen LogP contribution in [-0.4, -0.2) is 61.2 Å². The monoisotopic (exact) mass is 379 g/mol. The molecule has 0 radical (unpaired) electrons. The third-order valence-electron chi connectivity index (χ3n) is 4.30. The van der Waals surface area contributed by atoms with Crippen molar-refractivity contribution >= 4 is 41.4 Å². The molecule has 2 saturated heterocycles. The van der Waals surface area contributed by atoms with Crippen LogP contribution in [0.1, 0.15) is 13.3 Å². The van der Waals surface area contributed by atoms with Gasteiger partial charge in [0.2, 0.25) is 0 Å². The standard InChI is InChI=1S/C17H21N3O5S/c1-2-7-18(17(23)26)10-14-11-20(16(22)25-14)13-5-3-12(4-6-13)19-8-9-24-15(19)21/h3-6,14H,2,7-11H2,1H3,(H,23,26)/t14-/m1/s1. The lowest BCUT2D eigenvalue weighted by Crippen LogP contribution is -2.37. The van der Waals surface area contributed by atoms with Gasteiger partial charge in [-0.05, 0) is 30.7 Å². The van der Waals surface area contributed by atoms with Crippen LogP contribution in [0.25, 0.3) is 0 Å². The highest BCUT2D eigenvalue weighted by atomic mass is 32.1. The lowest BCUT2D eigenvalue weighted by Gasteiger charge is -2.22. The number of carbonyl (C=O) groups excluding carboxylic acids is 3. The van der Waals surface area contributed by atoms with Gasteiger partial charge in [0, 0.05) is 17.9 Å². The average Bonchev–Trinajstić information content (AvgIpc) is 3.20. The van der Waals surface area contributed by atoms with Gasteiger partial charge in [0.05, 0.1) is 19.6 Å². The summed E-state index contributed by atoms with van der Waals surface area (Å²) in [6.45, 7) is 4.09. The lowest BCUT2D eigenvalue weighted by molar-refractivity contribution is 0.119. The molecule has 3 amide bonds. The van der Waals surface area contributed by atoms with E-state index in [0.717, 1.165) is 12.1 Å². The maximum absolute atomic E-state index is 12.2. The van der Waals surface area contributed by atoms with Gasteiger partial charge in [-0.25, -0.2) is 9.59 Å². The van der Waals surface area contributed by atoms with E-state index in [9.17, 15) is 14.4 Å². The molecule has 9 heteroatoms. The van der Waals surface area contributed by atoms with Crippen molar-refractivity contribution < 1.29 is 23.9 Å². The molecule has 0 unspecified atom stereocenters. The first-order valence-corrected chi connectivity index (χ1v) is 8.94. The molecular formula is C17H21N3O5S. The van der Waals surface area contributed by atoms with E-state index >= 15 is 0 Å². The first-order valence-electron chi connectivity index (χ1n) is 8.50. The summed E-state index contributed by atoms with van der Waals surface area (Å²) in [4.78, 5) is 39.9. The molecule has 2 fully saturated rings. The van der Waals surface area contributed by atoms with E-state index in [0.29, 0.717) is 38.5 Å². The minimum Gasteiger partial charge on any atom is -0.447 e. The summed E-state index contributed by atoms with van der Waals surface area (Å²) in [6.07, 6.45) is -0.424. The number of thiol groups is 1. The van der Waals surface area contributed by atoms with Crippen molar-refractivity contribution in [2.75, 3.05) is 42.6 Å². The largest absolute Gasteiger partial charge is 0.447 e. The van der Waals surface area contributed by atoms with Crippen molar-refractivity contribution in [2.45, 2.75) is 19.4 Å². The number of ether oxygens (including phenoxy) is 2. The fourth-order valence-electron chi connectivity index (χ4n) is 3.05. The van der Waals surface area contributed by atoms with Gasteiger partial charge in [-0.2, -0.15) is 0 Å². The molecule has 1 aromatic carbocycles. The van der Waals surface area contributed by atoms with Gasteiger partial charge in [-0.15, -0.1) is 0 Å². The van der Waals surface area contributed by atoms with Crippen molar-refractivity contribution in [1.82, 2.24) is 4.90 Å². The number of hydrogen-bond acceptors (Lipinski definition) is 5. The molecule has 0 aliphatic carbocycles. The van der Waals surface area contributed by atoms with Gasteiger partial charge in [-0.1, -0.05) is 19.6 Å². The summed E-state index contributed by atoms with van der Waals surface area (Å²) < 4.78 is 10.3. The summed E-state index contributed by atoms with van der Waals surface area (Å²) in [5.41, 5.74) is 1.39. The van der Waals surface area contributed by atoms with E-state index in [1.807, 2.05) is 6.92 Å². The number of carbonyl (C=O) groups is 3. The Morgan fingerprint density at radius 1 is 1.19 bits per heavy atom. The molecule has 0 bridgehead atoms. The Labute approximate surface area is 157 Å². The van der Waals surface area contributed by atoms with E-state index < -0.39 is 12.2 Å². The van der Waals surface area contributed by atoms with Crippen molar-refractivity contribution in [3.05, 3.63) is 24.3 Å². The number of benzene rings is 1. The number of rotatable bonds is 6. The average molecular weight is 379 g/mol. The zero-order valence-electron chi connectivity index (χ0n) is 14.5. The molecule has 140 valence electrons. The van der Waals surface area contributed by atoms with Crippen molar-refractivity contribution in [2.24, 2.45) is 0 Å². The number of amides is 3. The molecule has 1 atom stereocenters. The lowest BCUT2D eigenvalue weighted by atomic mass is 10.2. The molecule has 0 N–H and O–H groups in total. The zero-order chi connectivity index (χ0) is 18.7. The van der Waals surface area contributed by atoms with Crippen LogP contribution in [0.3, 0.4) is 0 Å². The molecule has 0 spiro atoms. The Balaban J connectivity index is 1.65. The first-order chi connectivity index (χ1) is 12.5. The summed E-state index contributed by atoms with van der Waals surface area (Å²) in [5.74, 6) is 0. The summed E-state index contributed by atoms with van der Waals surface area (Å²) in [5, 5.41) is -0.330. The van der Waals surface area contributed by atoms with E-state index in [4.69, 9.17) is 9.47 Å². The third-order valence-corrected chi connectivity index (χ3v) is 4.58. The SMILES string of the molecule is CCCN(C[C@@H]1CN(c2ccc(N3CCOC3=O)cc2)C(=O)O1)C(=O)S. The Hall–Kier alpha value is -2.42. The molecule has 26 heavy (non-hydrogen) atoms. The number of hydrogen-bond donors (Lipinski definition) is 1. The zero-order valence-corrected chi connectivity index (χ0v) is 15.4. The predicted octanol–water partition coefficient (Wildman–Crippen LogP) is 2.73. The molecule has 8 nitrogen and oxygen atoms in total. The minimum absolute atomic E-state index is 0.316. The molecule has 2 aliphatic rings. The van der Waals surface area contributed by atoms with E-state index in [-0.39, 0.29) is 11.3 Å². The van der Waals surface area contributed by atoms with E-state index in [1.54, 1.807) is 29.2 Å². The molecule has 0 aromatic heterocycles. The topological polar surface area (TPSA) is 79.4 Å². The highest BCUT2D eigenvalue weighted by Crippen LogP contribution is 2.26. The second kappa shape index (κ2) is 7.86. The van der Waals surface area contributed by atoms with Gasteiger partial charge >= 0.3 is 12.2 Å². The van der Waals surface area contributed by atoms with Gasteiger partial charge < -0.3 is 14.4 Å². The molecule has 1 aromatic rings. The Morgan fingerprint density at radius 3 is 2.38 bits per heavy atom. The van der Waals surface area contributed by atoms with Crippen molar-refractivity contribution in [3.63, 3.8) is 0 Å². The maximum atomic E-state index is 12.2. The van der Waals surface area contributed by atoms with Crippen molar-refractivity contribution in [3.8, 4) is 0 Å². The third kappa shape index (κ3) is 3.87. The van der Waals surface area contributed by atoms with Crippen LogP contribution < -0.4 is 9.80 Å². The molecular weight excluding hydrogens is 358 g/mol. The normalized spacial score (nSPS) is 19.5. The minimum atomic E-state index is -0.452. The smallest absolute Gasteiger partial charge is 0.414 e. The second-order valence-electron chi connectivity index (χ2n) is 6.13. The fourth-order valence-corrected chi connectivity index (χ4v) is 3.23. The van der Waals surface area contributed by atoms with Crippen LogP contribution in [-0.2, 0) is 9.47 Å². The summed E-state index contributed by atoms with van der Waals surface area (Å²) in [6, 6.07) is 7.06. The Morgan fingerprint density at radius 2 is 1.85 bits per heavy atom. The quantitative estimate of drug-likeness (QED) is 0.769. The maximum Gasteiger partial charge on any atom is 0.414 e. The van der Waals surface area contributed by atoms with Gasteiger partial charge in [0.1, 0.15) is 12.7 Å². The molecule has 0 saturated carbocycles. The second-order valence-corrected chi connectivity index (χ2v) is 6.51. The van der Waals surface area contributed by atoms with Gasteiger partial charge in [0.25, 0.3) is 5.24 Å². The van der Waals surface area contributed by atoms with Gasteiger partial charge in [-0.3, -0.25) is 14.6 Å². The first kappa shape index (κ1) is 18.4. The van der Waals surface area contributed by atoms with E-state index in [1.165, 1.54) is 9.80 Å². The highest BCUT2D eigenvalue weighted by molar-refractivity contribution is 7.96. The number of nitrogens with zero attached hydrogens (tertiary/aromatic N) is 3. The molecule has 2 aliphatic heterocycles. The summed E-state index contributed by atoms with van der Waals surface area (Å²) >= 11 is 3.87. The highest BCUT2D eigenvalue weighted by Gasteiger charge is 2.34.